The van der Waals surface area contributed by atoms with Crippen LogP contribution in [0.2, 0.25) is 0 Å². The van der Waals surface area contributed by atoms with E-state index in [1.54, 1.807) is 13.3 Å². The van der Waals surface area contributed by atoms with E-state index in [0.29, 0.717) is 24.7 Å². The van der Waals surface area contributed by atoms with Crippen LogP contribution in [-0.2, 0) is 21.0 Å². The summed E-state index contributed by atoms with van der Waals surface area (Å²) in [6.07, 6.45) is 4.03. The Bertz CT molecular complexity index is 512. The highest BCUT2D eigenvalue weighted by Crippen LogP contribution is 2.29. The number of sulfone groups is 1. The Morgan fingerprint density at radius 2 is 2.35 bits per heavy atom. The maximum atomic E-state index is 11.4. The first-order valence-electron chi connectivity index (χ1n) is 6.95. The minimum Gasteiger partial charge on any atom is -0.445 e. The second-order valence-electron chi connectivity index (χ2n) is 5.10. The summed E-state index contributed by atoms with van der Waals surface area (Å²) in [7, 11) is -1.19. The molecule has 0 radical (unpaired) electrons. The van der Waals surface area contributed by atoms with Crippen molar-refractivity contribution in [3.63, 3.8) is 0 Å². The van der Waals surface area contributed by atoms with Crippen LogP contribution in [0.4, 0.5) is 0 Å². The van der Waals surface area contributed by atoms with Crippen LogP contribution < -0.4 is 5.32 Å². The van der Waals surface area contributed by atoms with Gasteiger partial charge in [0.15, 0.2) is 15.7 Å². The summed E-state index contributed by atoms with van der Waals surface area (Å²) < 4.78 is 33.5. The van der Waals surface area contributed by atoms with Gasteiger partial charge in [0.2, 0.25) is 0 Å². The zero-order valence-electron chi connectivity index (χ0n) is 11.8. The van der Waals surface area contributed by atoms with E-state index in [1.165, 1.54) is 0 Å². The summed E-state index contributed by atoms with van der Waals surface area (Å²) in [5.41, 5.74) is 0. The quantitative estimate of drug-likeness (QED) is 0.714. The summed E-state index contributed by atoms with van der Waals surface area (Å²) in [6.45, 7) is 2.44. The molecule has 0 bridgehead atoms. The van der Waals surface area contributed by atoms with Crippen molar-refractivity contribution in [1.82, 2.24) is 10.3 Å². The minimum absolute atomic E-state index is 0.0129. The molecule has 1 fully saturated rings. The van der Waals surface area contributed by atoms with Gasteiger partial charge in [-0.2, -0.15) is 0 Å². The number of oxazole rings is 1. The van der Waals surface area contributed by atoms with Gasteiger partial charge in [0.25, 0.3) is 0 Å². The third kappa shape index (κ3) is 4.57. The van der Waals surface area contributed by atoms with Gasteiger partial charge in [0.1, 0.15) is 5.76 Å². The zero-order chi connectivity index (χ0) is 14.4. The molecule has 0 saturated carbocycles. The SMILES string of the molecule is COCCNCCCc1ncc(C2CCS(=O)(=O)C2)o1. The molecule has 1 aromatic heterocycles. The molecule has 7 heteroatoms. The molecular weight excluding hydrogens is 280 g/mol. The number of rotatable bonds is 8. The van der Waals surface area contributed by atoms with Gasteiger partial charge in [-0.1, -0.05) is 0 Å². The molecule has 1 atom stereocenters. The van der Waals surface area contributed by atoms with E-state index in [4.69, 9.17) is 9.15 Å². The summed E-state index contributed by atoms with van der Waals surface area (Å²) >= 11 is 0. The molecule has 1 aliphatic rings. The van der Waals surface area contributed by atoms with Gasteiger partial charge in [0, 0.05) is 26.0 Å². The Balaban J connectivity index is 1.73. The van der Waals surface area contributed by atoms with Crippen molar-refractivity contribution in [2.24, 2.45) is 0 Å². The number of aromatic nitrogens is 1. The maximum Gasteiger partial charge on any atom is 0.194 e. The fourth-order valence-electron chi connectivity index (χ4n) is 2.31. The van der Waals surface area contributed by atoms with Crippen LogP contribution in [0.25, 0.3) is 0 Å². The summed E-state index contributed by atoms with van der Waals surface area (Å²) in [4.78, 5) is 4.23. The highest BCUT2D eigenvalue weighted by Gasteiger charge is 2.31. The van der Waals surface area contributed by atoms with E-state index < -0.39 is 9.84 Å². The van der Waals surface area contributed by atoms with Crippen molar-refractivity contribution in [3.05, 3.63) is 17.8 Å². The Kier molecular flexibility index (Phi) is 5.56. The molecule has 1 aliphatic heterocycles. The fourth-order valence-corrected chi connectivity index (χ4v) is 4.07. The van der Waals surface area contributed by atoms with Gasteiger partial charge in [-0.3, -0.25) is 0 Å². The van der Waals surface area contributed by atoms with E-state index in [0.717, 1.165) is 25.9 Å². The second-order valence-corrected chi connectivity index (χ2v) is 7.33. The summed E-state index contributed by atoms with van der Waals surface area (Å²) in [6, 6.07) is 0. The van der Waals surface area contributed by atoms with Gasteiger partial charge in [-0.25, -0.2) is 13.4 Å². The molecule has 2 rings (SSSR count). The molecular formula is C13H22N2O4S. The molecule has 6 nitrogen and oxygen atoms in total. The third-order valence-corrected chi connectivity index (χ3v) is 5.20. The number of aryl methyl sites for hydroxylation is 1. The zero-order valence-corrected chi connectivity index (χ0v) is 12.6. The molecule has 0 spiro atoms. The molecule has 1 saturated heterocycles. The Morgan fingerprint density at radius 1 is 1.50 bits per heavy atom. The monoisotopic (exact) mass is 302 g/mol. The van der Waals surface area contributed by atoms with Gasteiger partial charge >= 0.3 is 0 Å². The van der Waals surface area contributed by atoms with Crippen LogP contribution in [0.1, 0.15) is 30.4 Å². The van der Waals surface area contributed by atoms with Crippen molar-refractivity contribution < 1.29 is 17.6 Å². The standard InChI is InChI=1S/C13H22N2O4S/c1-18-7-6-14-5-2-3-13-15-9-12(19-13)11-4-8-20(16,17)10-11/h9,11,14H,2-8,10H2,1H3. The van der Waals surface area contributed by atoms with Crippen molar-refractivity contribution in [1.29, 1.82) is 0 Å². The first-order valence-corrected chi connectivity index (χ1v) is 8.77. The molecule has 114 valence electrons. The lowest BCUT2D eigenvalue weighted by Gasteiger charge is -2.03. The van der Waals surface area contributed by atoms with Crippen LogP contribution >= 0.6 is 0 Å². The lowest BCUT2D eigenvalue weighted by atomic mass is 10.1. The number of hydrogen-bond donors (Lipinski definition) is 1. The summed E-state index contributed by atoms with van der Waals surface area (Å²) in [5, 5.41) is 3.26. The third-order valence-electron chi connectivity index (χ3n) is 3.43. The lowest BCUT2D eigenvalue weighted by Crippen LogP contribution is -2.20. The molecule has 0 aromatic carbocycles. The van der Waals surface area contributed by atoms with E-state index >= 15 is 0 Å². The number of nitrogens with one attached hydrogen (secondary N) is 1. The molecule has 1 N–H and O–H groups in total. The van der Waals surface area contributed by atoms with Gasteiger partial charge < -0.3 is 14.5 Å². The van der Waals surface area contributed by atoms with Crippen molar-refractivity contribution in [3.8, 4) is 0 Å². The first kappa shape index (κ1) is 15.5. The van der Waals surface area contributed by atoms with Crippen LogP contribution in [-0.4, -0.2) is 51.7 Å². The lowest BCUT2D eigenvalue weighted by molar-refractivity contribution is 0.199. The molecule has 1 aromatic rings. The molecule has 0 aliphatic carbocycles. The van der Waals surface area contributed by atoms with Crippen molar-refractivity contribution in [2.45, 2.75) is 25.2 Å². The van der Waals surface area contributed by atoms with E-state index in [9.17, 15) is 8.42 Å². The van der Waals surface area contributed by atoms with Crippen molar-refractivity contribution >= 4 is 9.84 Å². The number of ether oxygens (including phenoxy) is 1. The van der Waals surface area contributed by atoms with E-state index in [2.05, 4.69) is 10.3 Å². The Labute approximate surface area is 119 Å². The van der Waals surface area contributed by atoms with E-state index in [-0.39, 0.29) is 17.4 Å². The number of methoxy groups -OCH3 is 1. The Hall–Kier alpha value is -0.920. The predicted octanol–water partition coefficient (Wildman–Crippen LogP) is 0.745. The minimum atomic E-state index is -2.87. The average Bonchev–Trinajstić information content (AvgIpc) is 3.00. The normalized spacial score (nSPS) is 21.4. The largest absolute Gasteiger partial charge is 0.445 e. The van der Waals surface area contributed by atoms with E-state index in [1.807, 2.05) is 0 Å². The second kappa shape index (κ2) is 7.19. The molecule has 1 unspecified atom stereocenters. The molecule has 20 heavy (non-hydrogen) atoms. The first-order chi connectivity index (χ1) is 9.61. The average molecular weight is 302 g/mol. The molecule has 2 heterocycles. The Morgan fingerprint density at radius 3 is 3.05 bits per heavy atom. The van der Waals surface area contributed by atoms with Gasteiger partial charge in [-0.05, 0) is 19.4 Å². The smallest absolute Gasteiger partial charge is 0.194 e. The highest BCUT2D eigenvalue weighted by atomic mass is 32.2. The predicted molar refractivity (Wildman–Crippen MR) is 75.6 cm³/mol. The van der Waals surface area contributed by atoms with Gasteiger partial charge in [0.05, 0.1) is 24.3 Å². The van der Waals surface area contributed by atoms with Crippen LogP contribution in [0.5, 0.6) is 0 Å². The van der Waals surface area contributed by atoms with Crippen molar-refractivity contribution in [2.75, 3.05) is 38.3 Å². The topological polar surface area (TPSA) is 81.4 Å². The fraction of sp³-hybridized carbons (Fsp3) is 0.769. The van der Waals surface area contributed by atoms with Crippen LogP contribution in [0.15, 0.2) is 10.6 Å². The van der Waals surface area contributed by atoms with Crippen LogP contribution in [0.3, 0.4) is 0 Å². The number of hydrogen-bond acceptors (Lipinski definition) is 6. The number of nitrogens with zero attached hydrogens (tertiary/aromatic N) is 1. The molecule has 0 amide bonds. The maximum absolute atomic E-state index is 11.4. The van der Waals surface area contributed by atoms with Gasteiger partial charge in [-0.15, -0.1) is 0 Å². The highest BCUT2D eigenvalue weighted by molar-refractivity contribution is 7.91. The van der Waals surface area contributed by atoms with Crippen LogP contribution in [0, 0.1) is 0 Å². The summed E-state index contributed by atoms with van der Waals surface area (Å²) in [5.74, 6) is 1.85.